The van der Waals surface area contributed by atoms with Crippen LogP contribution in [-0.2, 0) is 25.5 Å². The monoisotopic (exact) mass is 436 g/mol. The highest BCUT2D eigenvalue weighted by molar-refractivity contribution is 6.31. The molecule has 1 aliphatic carbocycles. The molecule has 0 spiro atoms. The van der Waals surface area contributed by atoms with Crippen LogP contribution in [0.2, 0.25) is 5.02 Å². The van der Waals surface area contributed by atoms with Crippen molar-refractivity contribution in [3.63, 3.8) is 0 Å². The number of nitrogens with one attached hydrogen (secondary N) is 2. The van der Waals surface area contributed by atoms with Gasteiger partial charge in [0, 0.05) is 30.6 Å². The van der Waals surface area contributed by atoms with Crippen LogP contribution in [0, 0.1) is 11.8 Å². The number of carbonyl (C=O) groups excluding carboxylic acids is 2. The number of hydrogen-bond donors (Lipinski definition) is 2. The van der Waals surface area contributed by atoms with Gasteiger partial charge in [-0.1, -0.05) is 36.7 Å². The minimum atomic E-state index is -0.832. The molecule has 0 aromatic heterocycles. The number of carbonyl (C=O) groups is 2. The van der Waals surface area contributed by atoms with E-state index in [2.05, 4.69) is 10.6 Å². The lowest BCUT2D eigenvalue weighted by Crippen LogP contribution is -2.52. The van der Waals surface area contributed by atoms with Crippen LogP contribution in [0.5, 0.6) is 0 Å². The number of halogens is 1. The Kier molecular flexibility index (Phi) is 7.10. The van der Waals surface area contributed by atoms with E-state index in [1.807, 2.05) is 25.1 Å². The van der Waals surface area contributed by atoms with Crippen molar-refractivity contribution in [3.05, 3.63) is 34.9 Å². The van der Waals surface area contributed by atoms with E-state index in [0.29, 0.717) is 17.0 Å². The molecule has 1 aliphatic heterocycles. The Labute approximate surface area is 184 Å². The van der Waals surface area contributed by atoms with Gasteiger partial charge in [0.05, 0.1) is 12.0 Å². The number of ether oxygens (including phenoxy) is 2. The summed E-state index contributed by atoms with van der Waals surface area (Å²) < 4.78 is 11.2. The molecule has 166 valence electrons. The Morgan fingerprint density at radius 1 is 1.27 bits per heavy atom. The topological polar surface area (TPSA) is 76.7 Å². The van der Waals surface area contributed by atoms with Crippen LogP contribution in [0.1, 0.15) is 46.1 Å². The average Bonchev–Trinajstić information content (AvgIpc) is 3.27. The highest BCUT2D eigenvalue weighted by Gasteiger charge is 2.49. The summed E-state index contributed by atoms with van der Waals surface area (Å²) in [5.41, 5.74) is 0.125. The summed E-state index contributed by atoms with van der Waals surface area (Å²) in [6.45, 7) is 7.26. The van der Waals surface area contributed by atoms with Crippen LogP contribution in [0.15, 0.2) is 24.3 Å². The van der Waals surface area contributed by atoms with E-state index in [1.54, 1.807) is 33.9 Å². The number of hydrogen-bond acceptors (Lipinski definition) is 5. The van der Waals surface area contributed by atoms with Crippen molar-refractivity contribution in [2.75, 3.05) is 7.11 Å². The zero-order valence-electron chi connectivity index (χ0n) is 18.4. The first kappa shape index (κ1) is 23.0. The Morgan fingerprint density at radius 2 is 1.97 bits per heavy atom. The molecular weight excluding hydrogens is 404 g/mol. The first-order valence-electron chi connectivity index (χ1n) is 10.6. The van der Waals surface area contributed by atoms with E-state index in [-0.39, 0.29) is 24.5 Å². The minimum absolute atomic E-state index is 0.156. The second kappa shape index (κ2) is 9.25. The molecule has 1 aromatic rings. The van der Waals surface area contributed by atoms with Crippen molar-refractivity contribution in [2.45, 2.75) is 76.8 Å². The predicted molar refractivity (Wildman–Crippen MR) is 116 cm³/mol. The molecule has 0 bridgehead atoms. The summed E-state index contributed by atoms with van der Waals surface area (Å²) in [7, 11) is 1.63. The lowest BCUT2D eigenvalue weighted by molar-refractivity contribution is -0.159. The maximum Gasteiger partial charge on any atom is 0.329 e. The van der Waals surface area contributed by atoms with Crippen LogP contribution < -0.4 is 10.6 Å². The van der Waals surface area contributed by atoms with E-state index in [1.165, 1.54) is 6.42 Å². The average molecular weight is 437 g/mol. The van der Waals surface area contributed by atoms with Gasteiger partial charge in [0.25, 0.3) is 0 Å². The summed E-state index contributed by atoms with van der Waals surface area (Å²) >= 11 is 6.29. The zero-order chi connectivity index (χ0) is 22.1. The highest BCUT2D eigenvalue weighted by Crippen LogP contribution is 2.42. The maximum atomic E-state index is 13.1. The molecule has 1 saturated carbocycles. The lowest BCUT2D eigenvalue weighted by Gasteiger charge is -2.30. The second-order valence-electron chi connectivity index (χ2n) is 9.49. The first-order chi connectivity index (χ1) is 14.1. The summed E-state index contributed by atoms with van der Waals surface area (Å²) in [4.78, 5) is 25.9. The van der Waals surface area contributed by atoms with E-state index in [9.17, 15) is 9.59 Å². The summed E-state index contributed by atoms with van der Waals surface area (Å²) in [6.07, 6.45) is 2.25. The molecule has 3 rings (SSSR count). The fourth-order valence-corrected chi connectivity index (χ4v) is 4.44. The molecule has 7 heteroatoms. The molecule has 6 atom stereocenters. The van der Waals surface area contributed by atoms with Crippen molar-refractivity contribution in [1.29, 1.82) is 0 Å². The molecule has 1 saturated heterocycles. The van der Waals surface area contributed by atoms with E-state index >= 15 is 0 Å². The smallest absolute Gasteiger partial charge is 0.329 e. The fraction of sp³-hybridized carbons (Fsp3) is 0.652. The molecule has 0 radical (unpaired) electrons. The molecular formula is C23H33ClN2O4. The van der Waals surface area contributed by atoms with Gasteiger partial charge in [-0.15, -0.1) is 0 Å². The quantitative estimate of drug-likeness (QED) is 0.612. The highest BCUT2D eigenvalue weighted by atomic mass is 35.5. The van der Waals surface area contributed by atoms with Crippen LogP contribution in [0.25, 0.3) is 0 Å². The third-order valence-electron chi connectivity index (χ3n) is 5.87. The number of amides is 1. The van der Waals surface area contributed by atoms with Crippen molar-refractivity contribution in [1.82, 2.24) is 10.6 Å². The molecule has 2 fully saturated rings. The third-order valence-corrected chi connectivity index (χ3v) is 6.24. The van der Waals surface area contributed by atoms with E-state index < -0.39 is 23.5 Å². The SMILES string of the molecule is CO[C@@H]([C@@H]1C[C@@H]2C[C@@H]2N1)[C@@H](C)C(=O)N[C@@H](Cc1ccccc1Cl)C(=O)OC(C)(C)C. The van der Waals surface area contributed by atoms with Crippen molar-refractivity contribution in [3.8, 4) is 0 Å². The summed E-state index contributed by atoms with van der Waals surface area (Å²) in [6, 6.07) is 7.20. The van der Waals surface area contributed by atoms with Gasteiger partial charge in [-0.3, -0.25) is 4.79 Å². The van der Waals surface area contributed by atoms with E-state index in [4.69, 9.17) is 21.1 Å². The summed E-state index contributed by atoms with van der Waals surface area (Å²) in [5.74, 6) is -0.414. The maximum absolute atomic E-state index is 13.1. The molecule has 30 heavy (non-hydrogen) atoms. The Balaban J connectivity index is 1.70. The number of benzene rings is 1. The fourth-order valence-electron chi connectivity index (χ4n) is 4.23. The molecule has 6 nitrogen and oxygen atoms in total. The molecule has 1 heterocycles. The van der Waals surface area contributed by atoms with Crippen LogP contribution in [-0.4, -0.2) is 48.8 Å². The molecule has 2 N–H and O–H groups in total. The van der Waals surface area contributed by atoms with Gasteiger partial charge >= 0.3 is 5.97 Å². The van der Waals surface area contributed by atoms with Crippen molar-refractivity contribution < 1.29 is 19.1 Å². The van der Waals surface area contributed by atoms with Gasteiger partial charge < -0.3 is 20.1 Å². The number of rotatable bonds is 8. The lowest BCUT2D eigenvalue weighted by atomic mass is 9.94. The number of piperidine rings is 1. The Morgan fingerprint density at radius 3 is 2.53 bits per heavy atom. The molecule has 1 aromatic carbocycles. The van der Waals surface area contributed by atoms with Crippen molar-refractivity contribution >= 4 is 23.5 Å². The molecule has 2 aliphatic rings. The van der Waals surface area contributed by atoms with Gasteiger partial charge in [-0.2, -0.15) is 0 Å². The largest absolute Gasteiger partial charge is 0.458 e. The van der Waals surface area contributed by atoms with Crippen LogP contribution >= 0.6 is 11.6 Å². The molecule has 0 unspecified atom stereocenters. The third kappa shape index (κ3) is 5.74. The minimum Gasteiger partial charge on any atom is -0.458 e. The van der Waals surface area contributed by atoms with E-state index in [0.717, 1.165) is 12.0 Å². The second-order valence-corrected chi connectivity index (χ2v) is 9.90. The van der Waals surface area contributed by atoms with Gasteiger partial charge in [-0.25, -0.2) is 4.79 Å². The summed E-state index contributed by atoms with van der Waals surface area (Å²) in [5, 5.41) is 7.00. The van der Waals surface area contributed by atoms with Gasteiger partial charge in [-0.05, 0) is 51.2 Å². The van der Waals surface area contributed by atoms with Gasteiger partial charge in [0.1, 0.15) is 11.6 Å². The standard InChI is InChI=1S/C23H33ClN2O4/c1-13(20(29-5)18-12-15-11-17(15)25-18)21(27)26-19(22(28)30-23(2,3)4)10-14-8-6-7-9-16(14)24/h6-9,13,15,17-20,25H,10-12H2,1-5H3,(H,26,27)/t13-,15+,17+,18+,19+,20-/m1/s1. The van der Waals surface area contributed by atoms with Gasteiger partial charge in [0.2, 0.25) is 5.91 Å². The van der Waals surface area contributed by atoms with Crippen molar-refractivity contribution in [2.24, 2.45) is 11.8 Å². The first-order valence-corrected chi connectivity index (χ1v) is 11.0. The Hall–Kier alpha value is -1.63. The van der Waals surface area contributed by atoms with Gasteiger partial charge in [0.15, 0.2) is 0 Å². The van der Waals surface area contributed by atoms with Crippen LogP contribution in [0.4, 0.5) is 0 Å². The normalized spacial score (nSPS) is 25.7. The number of esters is 1. The Bertz CT molecular complexity index is 769. The zero-order valence-corrected chi connectivity index (χ0v) is 19.2. The number of methoxy groups -OCH3 is 1. The molecule has 1 amide bonds. The van der Waals surface area contributed by atoms with Crippen LogP contribution in [0.3, 0.4) is 0 Å². The number of fused-ring (bicyclic) bond motifs is 1. The predicted octanol–water partition coefficient (Wildman–Crippen LogP) is 3.11.